The number of carbonyl (C=O) groups excluding carboxylic acids is 1. The number of nitrogen functional groups attached to an aromatic ring is 1. The van der Waals surface area contributed by atoms with Crippen molar-refractivity contribution in [1.29, 1.82) is 0 Å². The van der Waals surface area contributed by atoms with E-state index in [0.29, 0.717) is 18.0 Å². The van der Waals surface area contributed by atoms with Crippen molar-refractivity contribution in [3.8, 4) is 5.75 Å². The minimum atomic E-state index is 0.00859. The number of nitrogens with two attached hydrogens (primary N) is 1. The SMILES string of the molecule is CCC(C)N(CC)C(=O)COc1cccc(N)c1. The van der Waals surface area contributed by atoms with E-state index in [1.165, 1.54) is 0 Å². The first-order valence-electron chi connectivity index (χ1n) is 6.36. The second kappa shape index (κ2) is 6.89. The van der Waals surface area contributed by atoms with Crippen molar-refractivity contribution in [3.63, 3.8) is 0 Å². The molecule has 4 nitrogen and oxygen atoms in total. The summed E-state index contributed by atoms with van der Waals surface area (Å²) in [5.41, 5.74) is 6.28. The van der Waals surface area contributed by atoms with E-state index in [0.717, 1.165) is 6.42 Å². The molecule has 1 aromatic carbocycles. The van der Waals surface area contributed by atoms with E-state index in [1.54, 1.807) is 24.3 Å². The van der Waals surface area contributed by atoms with Crippen LogP contribution in [0, 0.1) is 0 Å². The summed E-state index contributed by atoms with van der Waals surface area (Å²) < 4.78 is 5.45. The van der Waals surface area contributed by atoms with Crippen LogP contribution in [-0.4, -0.2) is 30.0 Å². The summed E-state index contributed by atoms with van der Waals surface area (Å²) >= 11 is 0. The number of rotatable bonds is 6. The van der Waals surface area contributed by atoms with Gasteiger partial charge in [0.25, 0.3) is 5.91 Å². The van der Waals surface area contributed by atoms with Crippen LogP contribution in [0.25, 0.3) is 0 Å². The maximum Gasteiger partial charge on any atom is 0.260 e. The molecule has 2 N–H and O–H groups in total. The molecule has 1 amide bonds. The summed E-state index contributed by atoms with van der Waals surface area (Å²) in [5.74, 6) is 0.637. The van der Waals surface area contributed by atoms with Gasteiger partial charge in [-0.05, 0) is 32.4 Å². The number of anilines is 1. The van der Waals surface area contributed by atoms with E-state index in [2.05, 4.69) is 6.92 Å². The van der Waals surface area contributed by atoms with E-state index >= 15 is 0 Å². The Balaban J connectivity index is 2.54. The minimum absolute atomic E-state index is 0.00859. The van der Waals surface area contributed by atoms with Crippen molar-refractivity contribution in [2.24, 2.45) is 0 Å². The van der Waals surface area contributed by atoms with Crippen molar-refractivity contribution >= 4 is 11.6 Å². The average molecular weight is 250 g/mol. The Kier molecular flexibility index (Phi) is 5.49. The zero-order chi connectivity index (χ0) is 13.5. The monoisotopic (exact) mass is 250 g/mol. The van der Waals surface area contributed by atoms with E-state index in [1.807, 2.05) is 18.7 Å². The van der Waals surface area contributed by atoms with Gasteiger partial charge in [0.2, 0.25) is 0 Å². The van der Waals surface area contributed by atoms with Crippen LogP contribution < -0.4 is 10.5 Å². The Hall–Kier alpha value is -1.71. The van der Waals surface area contributed by atoms with Crippen molar-refractivity contribution in [3.05, 3.63) is 24.3 Å². The molecule has 0 spiro atoms. The maximum absolute atomic E-state index is 12.0. The van der Waals surface area contributed by atoms with Gasteiger partial charge in [-0.3, -0.25) is 4.79 Å². The van der Waals surface area contributed by atoms with Crippen LogP contribution in [-0.2, 0) is 4.79 Å². The highest BCUT2D eigenvalue weighted by atomic mass is 16.5. The Morgan fingerprint density at radius 3 is 2.72 bits per heavy atom. The quantitative estimate of drug-likeness (QED) is 0.788. The van der Waals surface area contributed by atoms with Crippen molar-refractivity contribution < 1.29 is 9.53 Å². The average Bonchev–Trinajstić information content (AvgIpc) is 2.37. The van der Waals surface area contributed by atoms with Crippen molar-refractivity contribution in [2.45, 2.75) is 33.2 Å². The number of carbonyl (C=O) groups is 1. The first-order valence-corrected chi connectivity index (χ1v) is 6.36. The largest absolute Gasteiger partial charge is 0.484 e. The molecule has 0 radical (unpaired) electrons. The van der Waals surface area contributed by atoms with Gasteiger partial charge in [0.05, 0.1) is 0 Å². The Labute approximate surface area is 109 Å². The number of hydrogen-bond donors (Lipinski definition) is 1. The van der Waals surface area contributed by atoms with Crippen molar-refractivity contribution in [1.82, 2.24) is 4.90 Å². The number of likely N-dealkylation sites (N-methyl/N-ethyl adjacent to an activating group) is 1. The third-order valence-corrected chi connectivity index (χ3v) is 3.00. The lowest BCUT2D eigenvalue weighted by molar-refractivity contribution is -0.135. The lowest BCUT2D eigenvalue weighted by Crippen LogP contribution is -2.40. The molecule has 1 rings (SSSR count). The van der Waals surface area contributed by atoms with Crippen LogP contribution in [0.3, 0.4) is 0 Å². The molecule has 0 saturated heterocycles. The lowest BCUT2D eigenvalue weighted by Gasteiger charge is -2.27. The molecule has 18 heavy (non-hydrogen) atoms. The van der Waals surface area contributed by atoms with Gasteiger partial charge in [-0.1, -0.05) is 13.0 Å². The fraction of sp³-hybridized carbons (Fsp3) is 0.500. The second-order valence-electron chi connectivity index (χ2n) is 4.30. The molecular weight excluding hydrogens is 228 g/mol. The van der Waals surface area contributed by atoms with Gasteiger partial charge >= 0.3 is 0 Å². The molecule has 0 aromatic heterocycles. The zero-order valence-corrected chi connectivity index (χ0v) is 11.3. The summed E-state index contributed by atoms with van der Waals surface area (Å²) in [7, 11) is 0. The molecule has 0 aliphatic rings. The van der Waals surface area contributed by atoms with E-state index in [4.69, 9.17) is 10.5 Å². The van der Waals surface area contributed by atoms with Gasteiger partial charge in [-0.2, -0.15) is 0 Å². The second-order valence-corrected chi connectivity index (χ2v) is 4.30. The zero-order valence-electron chi connectivity index (χ0n) is 11.3. The number of hydrogen-bond acceptors (Lipinski definition) is 3. The smallest absolute Gasteiger partial charge is 0.260 e. The third-order valence-electron chi connectivity index (χ3n) is 3.00. The lowest BCUT2D eigenvalue weighted by atomic mass is 10.2. The molecule has 0 aliphatic carbocycles. The summed E-state index contributed by atoms with van der Waals surface area (Å²) in [6.45, 7) is 6.85. The number of ether oxygens (including phenoxy) is 1. The van der Waals surface area contributed by atoms with Crippen LogP contribution >= 0.6 is 0 Å². The Bertz CT molecular complexity index is 393. The predicted molar refractivity (Wildman–Crippen MR) is 73.5 cm³/mol. The van der Waals surface area contributed by atoms with Gasteiger partial charge < -0.3 is 15.4 Å². The normalized spacial score (nSPS) is 11.9. The first kappa shape index (κ1) is 14.4. The van der Waals surface area contributed by atoms with Crippen LogP contribution in [0.2, 0.25) is 0 Å². The standard InChI is InChI=1S/C14H22N2O2/c1-4-11(3)16(5-2)14(17)10-18-13-8-6-7-12(15)9-13/h6-9,11H,4-5,10,15H2,1-3H3. The molecule has 100 valence electrons. The molecule has 1 aromatic rings. The van der Waals surface area contributed by atoms with Gasteiger partial charge in [0.15, 0.2) is 6.61 Å². The Morgan fingerprint density at radius 2 is 2.17 bits per heavy atom. The number of benzene rings is 1. The molecule has 4 heteroatoms. The highest BCUT2D eigenvalue weighted by molar-refractivity contribution is 5.78. The molecule has 0 saturated carbocycles. The van der Waals surface area contributed by atoms with E-state index < -0.39 is 0 Å². The highest BCUT2D eigenvalue weighted by Crippen LogP contribution is 2.14. The van der Waals surface area contributed by atoms with Crippen molar-refractivity contribution in [2.75, 3.05) is 18.9 Å². The van der Waals surface area contributed by atoms with E-state index in [-0.39, 0.29) is 18.6 Å². The number of amides is 1. The van der Waals surface area contributed by atoms with Crippen LogP contribution in [0.4, 0.5) is 5.69 Å². The molecule has 0 bridgehead atoms. The molecular formula is C14H22N2O2. The van der Waals surface area contributed by atoms with Gasteiger partial charge in [0.1, 0.15) is 5.75 Å². The van der Waals surface area contributed by atoms with Gasteiger partial charge in [0, 0.05) is 24.3 Å². The van der Waals surface area contributed by atoms with Crippen LogP contribution in [0.5, 0.6) is 5.75 Å². The fourth-order valence-corrected chi connectivity index (χ4v) is 1.79. The highest BCUT2D eigenvalue weighted by Gasteiger charge is 2.17. The van der Waals surface area contributed by atoms with Crippen LogP contribution in [0.1, 0.15) is 27.2 Å². The molecule has 1 unspecified atom stereocenters. The molecule has 0 aliphatic heterocycles. The molecule has 0 fully saturated rings. The first-order chi connectivity index (χ1) is 8.58. The third kappa shape index (κ3) is 3.95. The summed E-state index contributed by atoms with van der Waals surface area (Å²) in [6, 6.07) is 7.34. The van der Waals surface area contributed by atoms with Gasteiger partial charge in [-0.25, -0.2) is 0 Å². The fourth-order valence-electron chi connectivity index (χ4n) is 1.79. The maximum atomic E-state index is 12.0. The topological polar surface area (TPSA) is 55.6 Å². The summed E-state index contributed by atoms with van der Waals surface area (Å²) in [4.78, 5) is 13.8. The predicted octanol–water partition coefficient (Wildman–Crippen LogP) is 2.29. The minimum Gasteiger partial charge on any atom is -0.484 e. The van der Waals surface area contributed by atoms with E-state index in [9.17, 15) is 4.79 Å². The van der Waals surface area contributed by atoms with Gasteiger partial charge in [-0.15, -0.1) is 0 Å². The van der Waals surface area contributed by atoms with Crippen LogP contribution in [0.15, 0.2) is 24.3 Å². The molecule has 0 heterocycles. The Morgan fingerprint density at radius 1 is 1.44 bits per heavy atom. The molecule has 1 atom stereocenters. The number of nitrogens with zero attached hydrogens (tertiary/aromatic N) is 1. The summed E-state index contributed by atoms with van der Waals surface area (Å²) in [5, 5.41) is 0. The summed E-state index contributed by atoms with van der Waals surface area (Å²) in [6.07, 6.45) is 0.942.